The molecule has 0 unspecified atom stereocenters. The van der Waals surface area contributed by atoms with Crippen molar-refractivity contribution in [1.82, 2.24) is 10.6 Å². The maximum atomic E-state index is 5.79. The van der Waals surface area contributed by atoms with Gasteiger partial charge in [-0.3, -0.25) is 4.99 Å². The van der Waals surface area contributed by atoms with Crippen LogP contribution in [-0.2, 0) is 0 Å². The minimum Gasteiger partial charge on any atom is -0.497 e. The van der Waals surface area contributed by atoms with Crippen LogP contribution in [-0.4, -0.2) is 51.9 Å². The van der Waals surface area contributed by atoms with Crippen LogP contribution in [0.2, 0.25) is 0 Å². The fraction of sp³-hybridized carbons (Fsp3) is 0.500. The van der Waals surface area contributed by atoms with Crippen molar-refractivity contribution >= 4 is 22.3 Å². The maximum Gasteiger partial charge on any atom is 0.191 e. The van der Waals surface area contributed by atoms with E-state index in [-0.39, 0.29) is 0 Å². The predicted molar refractivity (Wildman–Crippen MR) is 122 cm³/mol. The molecule has 0 bridgehead atoms. The summed E-state index contributed by atoms with van der Waals surface area (Å²) in [4.78, 5) is 7.19. The summed E-state index contributed by atoms with van der Waals surface area (Å²) in [6.45, 7) is 6.50. The molecule has 2 heterocycles. The van der Waals surface area contributed by atoms with E-state index < -0.39 is 0 Å². The molecule has 1 saturated heterocycles. The molecule has 0 radical (unpaired) electrons. The Labute approximate surface area is 177 Å². The van der Waals surface area contributed by atoms with Gasteiger partial charge in [0.25, 0.3) is 0 Å². The number of hydrogen-bond donors (Lipinski definition) is 2. The average molecular weight is 417 g/mol. The highest BCUT2D eigenvalue weighted by molar-refractivity contribution is 7.14. The number of guanidine groups is 1. The summed E-state index contributed by atoms with van der Waals surface area (Å²) in [5.41, 5.74) is 0. The molecule has 3 rings (SSSR count). The highest BCUT2D eigenvalue weighted by Gasteiger charge is 2.20. The molecular weight excluding hydrogens is 384 g/mol. The van der Waals surface area contributed by atoms with Crippen molar-refractivity contribution in [3.63, 3.8) is 0 Å². The molecule has 158 valence electrons. The molecule has 1 aliphatic rings. The Hall–Kier alpha value is -2.41. The SMILES string of the molecule is CCNC(=NCCCOc1cccc(OC)c1)NC1CCN(c2cccs2)CC1. The summed E-state index contributed by atoms with van der Waals surface area (Å²) in [5, 5.41) is 10.5. The second-order valence-electron chi connectivity index (χ2n) is 7.00. The van der Waals surface area contributed by atoms with Crippen molar-refractivity contribution in [3.05, 3.63) is 41.8 Å². The van der Waals surface area contributed by atoms with Crippen molar-refractivity contribution in [3.8, 4) is 11.5 Å². The predicted octanol–water partition coefficient (Wildman–Crippen LogP) is 3.75. The van der Waals surface area contributed by atoms with Gasteiger partial charge in [-0.2, -0.15) is 0 Å². The molecule has 0 amide bonds. The van der Waals surface area contributed by atoms with Gasteiger partial charge in [0.15, 0.2) is 5.96 Å². The molecular formula is C22H32N4O2S. The van der Waals surface area contributed by atoms with Crippen LogP contribution in [0.3, 0.4) is 0 Å². The van der Waals surface area contributed by atoms with Crippen LogP contribution in [0.15, 0.2) is 46.8 Å². The molecule has 2 aromatic rings. The van der Waals surface area contributed by atoms with Gasteiger partial charge in [-0.1, -0.05) is 6.07 Å². The molecule has 2 N–H and O–H groups in total. The second-order valence-corrected chi connectivity index (χ2v) is 7.92. The Bertz CT molecular complexity index is 743. The number of ether oxygens (including phenoxy) is 2. The Balaban J connectivity index is 1.39. The molecule has 0 atom stereocenters. The van der Waals surface area contributed by atoms with Gasteiger partial charge in [0.2, 0.25) is 0 Å². The average Bonchev–Trinajstić information content (AvgIpc) is 3.29. The molecule has 1 aliphatic heterocycles. The molecule has 1 aromatic carbocycles. The van der Waals surface area contributed by atoms with Crippen LogP contribution in [0.5, 0.6) is 11.5 Å². The summed E-state index contributed by atoms with van der Waals surface area (Å²) in [5.74, 6) is 2.54. The summed E-state index contributed by atoms with van der Waals surface area (Å²) >= 11 is 1.82. The molecule has 1 fully saturated rings. The lowest BCUT2D eigenvalue weighted by atomic mass is 10.1. The molecule has 0 spiro atoms. The lowest BCUT2D eigenvalue weighted by Crippen LogP contribution is -2.48. The third-order valence-electron chi connectivity index (χ3n) is 4.88. The number of aliphatic imine (C=N–C) groups is 1. The number of nitrogens with zero attached hydrogens (tertiary/aromatic N) is 2. The number of thiophene rings is 1. The van der Waals surface area contributed by atoms with Gasteiger partial charge < -0.3 is 25.0 Å². The molecule has 29 heavy (non-hydrogen) atoms. The molecule has 6 nitrogen and oxygen atoms in total. The minimum atomic E-state index is 0.469. The number of rotatable bonds is 9. The summed E-state index contributed by atoms with van der Waals surface area (Å²) < 4.78 is 11.0. The highest BCUT2D eigenvalue weighted by atomic mass is 32.1. The number of hydrogen-bond acceptors (Lipinski definition) is 5. The monoisotopic (exact) mass is 416 g/mol. The third-order valence-corrected chi connectivity index (χ3v) is 5.81. The van der Waals surface area contributed by atoms with E-state index in [9.17, 15) is 0 Å². The number of benzene rings is 1. The first-order valence-corrected chi connectivity index (χ1v) is 11.3. The second kappa shape index (κ2) is 11.6. The van der Waals surface area contributed by atoms with Crippen LogP contribution in [0.4, 0.5) is 5.00 Å². The van der Waals surface area contributed by atoms with Gasteiger partial charge in [0, 0.05) is 44.7 Å². The van der Waals surface area contributed by atoms with Crippen molar-refractivity contribution in [1.29, 1.82) is 0 Å². The number of methoxy groups -OCH3 is 1. The number of piperidine rings is 1. The lowest BCUT2D eigenvalue weighted by molar-refractivity contribution is 0.311. The topological polar surface area (TPSA) is 58.1 Å². The normalized spacial score (nSPS) is 15.2. The van der Waals surface area contributed by atoms with E-state index in [1.54, 1.807) is 7.11 Å². The zero-order chi connectivity index (χ0) is 20.3. The fourth-order valence-electron chi connectivity index (χ4n) is 3.34. The molecule has 1 aromatic heterocycles. The molecule has 7 heteroatoms. The van der Waals surface area contributed by atoms with E-state index in [0.29, 0.717) is 12.6 Å². The van der Waals surface area contributed by atoms with Crippen molar-refractivity contribution < 1.29 is 9.47 Å². The van der Waals surface area contributed by atoms with Gasteiger partial charge in [-0.15, -0.1) is 11.3 Å². The zero-order valence-electron chi connectivity index (χ0n) is 17.4. The highest BCUT2D eigenvalue weighted by Crippen LogP contribution is 2.24. The largest absolute Gasteiger partial charge is 0.497 e. The lowest BCUT2D eigenvalue weighted by Gasteiger charge is -2.33. The van der Waals surface area contributed by atoms with Crippen LogP contribution in [0.25, 0.3) is 0 Å². The van der Waals surface area contributed by atoms with Crippen LogP contribution >= 0.6 is 11.3 Å². The van der Waals surface area contributed by atoms with E-state index in [1.807, 2.05) is 35.6 Å². The summed E-state index contributed by atoms with van der Waals surface area (Å²) in [7, 11) is 1.66. The summed E-state index contributed by atoms with van der Waals surface area (Å²) in [6.07, 6.45) is 3.12. The van der Waals surface area contributed by atoms with Crippen LogP contribution in [0.1, 0.15) is 26.2 Å². The van der Waals surface area contributed by atoms with Gasteiger partial charge in [-0.05, 0) is 49.4 Å². The first-order valence-electron chi connectivity index (χ1n) is 10.4. The molecule has 0 saturated carbocycles. The van der Waals surface area contributed by atoms with E-state index in [0.717, 1.165) is 62.9 Å². The maximum absolute atomic E-state index is 5.79. The van der Waals surface area contributed by atoms with Gasteiger partial charge in [0.1, 0.15) is 11.5 Å². The van der Waals surface area contributed by atoms with E-state index >= 15 is 0 Å². The Morgan fingerprint density at radius 3 is 2.76 bits per heavy atom. The standard InChI is InChI=1S/C22H32N4O2S/c1-3-23-22(24-12-6-15-28-20-8-4-7-19(17-20)27-2)25-18-10-13-26(14-11-18)21-9-5-16-29-21/h4-5,7-9,16-18H,3,6,10-15H2,1-2H3,(H2,23,24,25). The van der Waals surface area contributed by atoms with Crippen molar-refractivity contribution in [2.24, 2.45) is 4.99 Å². The number of anilines is 1. The first kappa shape index (κ1) is 21.3. The zero-order valence-corrected chi connectivity index (χ0v) is 18.2. The van der Waals surface area contributed by atoms with Crippen molar-refractivity contribution in [2.75, 3.05) is 44.8 Å². The van der Waals surface area contributed by atoms with Gasteiger partial charge in [-0.25, -0.2) is 0 Å². The Morgan fingerprint density at radius 2 is 2.03 bits per heavy atom. The molecule has 0 aliphatic carbocycles. The Morgan fingerprint density at radius 1 is 1.21 bits per heavy atom. The first-order chi connectivity index (χ1) is 14.3. The smallest absolute Gasteiger partial charge is 0.191 e. The fourth-order valence-corrected chi connectivity index (χ4v) is 4.13. The van der Waals surface area contributed by atoms with Crippen molar-refractivity contribution in [2.45, 2.75) is 32.2 Å². The quantitative estimate of drug-likeness (QED) is 0.370. The van der Waals surface area contributed by atoms with E-state index in [2.05, 4.69) is 40.0 Å². The van der Waals surface area contributed by atoms with Gasteiger partial charge in [0.05, 0.1) is 18.7 Å². The minimum absolute atomic E-state index is 0.469. The van der Waals surface area contributed by atoms with Gasteiger partial charge >= 0.3 is 0 Å². The van der Waals surface area contributed by atoms with Crippen LogP contribution in [0, 0.1) is 0 Å². The summed E-state index contributed by atoms with van der Waals surface area (Å²) in [6, 6.07) is 12.5. The van der Waals surface area contributed by atoms with E-state index in [4.69, 9.17) is 14.5 Å². The number of nitrogens with one attached hydrogen (secondary N) is 2. The Kier molecular flexibility index (Phi) is 8.49. The van der Waals surface area contributed by atoms with E-state index in [1.165, 1.54) is 5.00 Å². The third kappa shape index (κ3) is 6.85. The van der Waals surface area contributed by atoms with Crippen LogP contribution < -0.4 is 25.0 Å².